The van der Waals surface area contributed by atoms with Crippen LogP contribution in [0, 0.1) is 23.7 Å². The SMILES string of the molecule is O[C@@H]1CCN(Cc2ccccc2)C[C@@H]1CNC12CC3CC(CC(C3)C1)C2. The standard InChI is InChI=1S/C23H34N2O/c26-22-6-7-25(15-17-4-2-1-3-5-17)16-21(22)14-24-23-11-18-8-19(12-23)10-20(9-18)13-23/h1-5,18-22,24,26H,6-16H2/t18?,19?,20?,21-,22+,23?/m0/s1. The fraction of sp³-hybridized carbons (Fsp3) is 0.739. The van der Waals surface area contributed by atoms with Crippen LogP contribution < -0.4 is 5.32 Å². The molecule has 6 rings (SSSR count). The second-order valence-corrected chi connectivity index (χ2v) is 9.92. The van der Waals surface area contributed by atoms with Gasteiger partial charge in [-0.3, -0.25) is 4.90 Å². The van der Waals surface area contributed by atoms with Crippen LogP contribution in [0.5, 0.6) is 0 Å². The fourth-order valence-electron chi connectivity index (χ4n) is 6.96. The Labute approximate surface area is 158 Å². The molecule has 1 saturated heterocycles. The molecule has 4 bridgehead atoms. The molecule has 1 aromatic carbocycles. The number of hydrogen-bond donors (Lipinski definition) is 2. The van der Waals surface area contributed by atoms with E-state index < -0.39 is 0 Å². The van der Waals surface area contributed by atoms with E-state index in [-0.39, 0.29) is 6.10 Å². The van der Waals surface area contributed by atoms with Crippen LogP contribution >= 0.6 is 0 Å². The van der Waals surface area contributed by atoms with E-state index in [0.717, 1.165) is 50.4 Å². The van der Waals surface area contributed by atoms with Crippen LogP contribution in [-0.2, 0) is 6.54 Å². The monoisotopic (exact) mass is 354 g/mol. The quantitative estimate of drug-likeness (QED) is 0.850. The van der Waals surface area contributed by atoms with Gasteiger partial charge in [0.05, 0.1) is 6.10 Å². The number of aliphatic hydroxyl groups is 1. The van der Waals surface area contributed by atoms with Crippen LogP contribution in [0.3, 0.4) is 0 Å². The lowest BCUT2D eigenvalue weighted by Crippen LogP contribution is -2.60. The number of aliphatic hydroxyl groups excluding tert-OH is 1. The first-order valence-electron chi connectivity index (χ1n) is 10.9. The first-order chi connectivity index (χ1) is 12.7. The van der Waals surface area contributed by atoms with Crippen molar-refractivity contribution < 1.29 is 5.11 Å². The molecular weight excluding hydrogens is 320 g/mol. The highest BCUT2D eigenvalue weighted by molar-refractivity contribution is 5.14. The van der Waals surface area contributed by atoms with Crippen molar-refractivity contribution >= 4 is 0 Å². The molecule has 2 N–H and O–H groups in total. The van der Waals surface area contributed by atoms with Crippen LogP contribution in [0.1, 0.15) is 50.5 Å². The Bertz CT molecular complexity index is 581. The smallest absolute Gasteiger partial charge is 0.0605 e. The topological polar surface area (TPSA) is 35.5 Å². The Hall–Kier alpha value is -0.900. The molecule has 3 heteroatoms. The maximum Gasteiger partial charge on any atom is 0.0605 e. The van der Waals surface area contributed by atoms with E-state index in [0.29, 0.717) is 11.5 Å². The van der Waals surface area contributed by atoms with Crippen LogP contribution in [0.15, 0.2) is 30.3 Å². The molecule has 0 aromatic heterocycles. The summed E-state index contributed by atoms with van der Waals surface area (Å²) in [5.74, 6) is 3.33. The van der Waals surface area contributed by atoms with Crippen molar-refractivity contribution in [2.75, 3.05) is 19.6 Å². The molecule has 0 spiro atoms. The van der Waals surface area contributed by atoms with Crippen molar-refractivity contribution in [3.63, 3.8) is 0 Å². The number of piperidine rings is 1. The second kappa shape index (κ2) is 6.92. The molecule has 4 saturated carbocycles. The number of benzene rings is 1. The van der Waals surface area contributed by atoms with E-state index >= 15 is 0 Å². The first-order valence-corrected chi connectivity index (χ1v) is 10.9. The molecule has 4 aliphatic carbocycles. The molecule has 26 heavy (non-hydrogen) atoms. The summed E-state index contributed by atoms with van der Waals surface area (Å²) >= 11 is 0. The van der Waals surface area contributed by atoms with Crippen molar-refractivity contribution in [3.05, 3.63) is 35.9 Å². The van der Waals surface area contributed by atoms with Gasteiger partial charge in [-0.05, 0) is 68.3 Å². The van der Waals surface area contributed by atoms with Gasteiger partial charge in [0.25, 0.3) is 0 Å². The van der Waals surface area contributed by atoms with Crippen molar-refractivity contribution in [1.82, 2.24) is 10.2 Å². The third kappa shape index (κ3) is 3.46. The molecule has 5 fully saturated rings. The van der Waals surface area contributed by atoms with Crippen LogP contribution in [-0.4, -0.2) is 41.3 Å². The molecule has 0 amide bonds. The summed E-state index contributed by atoms with van der Waals surface area (Å²) < 4.78 is 0. The number of nitrogens with one attached hydrogen (secondary N) is 1. The third-order valence-corrected chi connectivity index (χ3v) is 7.80. The number of nitrogens with zero attached hydrogens (tertiary/aromatic N) is 1. The van der Waals surface area contributed by atoms with E-state index in [1.807, 2.05) is 0 Å². The molecule has 1 aliphatic heterocycles. The normalized spacial score (nSPS) is 42.3. The molecule has 1 heterocycles. The van der Waals surface area contributed by atoms with E-state index in [1.54, 1.807) is 0 Å². The molecule has 1 aromatic rings. The largest absolute Gasteiger partial charge is 0.393 e. The van der Waals surface area contributed by atoms with E-state index in [1.165, 1.54) is 44.1 Å². The summed E-state index contributed by atoms with van der Waals surface area (Å²) in [5.41, 5.74) is 1.80. The van der Waals surface area contributed by atoms with Gasteiger partial charge >= 0.3 is 0 Å². The zero-order valence-corrected chi connectivity index (χ0v) is 15.9. The molecule has 2 atom stereocenters. The summed E-state index contributed by atoms with van der Waals surface area (Å²) in [6.45, 7) is 4.05. The summed E-state index contributed by atoms with van der Waals surface area (Å²) in [6, 6.07) is 10.8. The zero-order chi connectivity index (χ0) is 17.6. The highest BCUT2D eigenvalue weighted by Gasteiger charge is 2.50. The lowest BCUT2D eigenvalue weighted by Gasteiger charge is -2.57. The van der Waals surface area contributed by atoms with Gasteiger partial charge in [-0.2, -0.15) is 0 Å². The van der Waals surface area contributed by atoms with Gasteiger partial charge in [0.1, 0.15) is 0 Å². The average Bonchev–Trinajstić information content (AvgIpc) is 2.62. The van der Waals surface area contributed by atoms with Gasteiger partial charge in [0.15, 0.2) is 0 Å². The summed E-state index contributed by atoms with van der Waals surface area (Å²) in [4.78, 5) is 2.54. The zero-order valence-electron chi connectivity index (χ0n) is 15.9. The first kappa shape index (κ1) is 17.2. The summed E-state index contributed by atoms with van der Waals surface area (Å²) in [5, 5.41) is 14.6. The van der Waals surface area contributed by atoms with E-state index in [2.05, 4.69) is 40.5 Å². The van der Waals surface area contributed by atoms with Crippen LogP contribution in [0.25, 0.3) is 0 Å². The van der Waals surface area contributed by atoms with Gasteiger partial charge in [0.2, 0.25) is 0 Å². The maximum absolute atomic E-state index is 10.6. The molecule has 3 nitrogen and oxygen atoms in total. The number of likely N-dealkylation sites (tertiary alicyclic amines) is 1. The second-order valence-electron chi connectivity index (χ2n) is 9.92. The van der Waals surface area contributed by atoms with Gasteiger partial charge in [0, 0.05) is 37.6 Å². The minimum Gasteiger partial charge on any atom is -0.393 e. The minimum absolute atomic E-state index is 0.136. The molecule has 142 valence electrons. The maximum atomic E-state index is 10.6. The third-order valence-electron chi connectivity index (χ3n) is 7.80. The lowest BCUT2D eigenvalue weighted by molar-refractivity contribution is -0.0315. The van der Waals surface area contributed by atoms with Crippen LogP contribution in [0.4, 0.5) is 0 Å². The Morgan fingerprint density at radius 2 is 1.65 bits per heavy atom. The van der Waals surface area contributed by atoms with Crippen molar-refractivity contribution in [1.29, 1.82) is 0 Å². The molecule has 0 unspecified atom stereocenters. The number of hydrogen-bond acceptors (Lipinski definition) is 3. The van der Waals surface area contributed by atoms with Gasteiger partial charge in [-0.25, -0.2) is 0 Å². The highest BCUT2D eigenvalue weighted by atomic mass is 16.3. The predicted molar refractivity (Wildman–Crippen MR) is 105 cm³/mol. The van der Waals surface area contributed by atoms with Crippen molar-refractivity contribution in [2.45, 2.75) is 63.1 Å². The lowest BCUT2D eigenvalue weighted by atomic mass is 9.53. The molecular formula is C23H34N2O. The average molecular weight is 355 g/mol. The molecule has 5 aliphatic rings. The molecule has 0 radical (unpaired) electrons. The van der Waals surface area contributed by atoms with Crippen LogP contribution in [0.2, 0.25) is 0 Å². The van der Waals surface area contributed by atoms with Crippen molar-refractivity contribution in [3.8, 4) is 0 Å². The Morgan fingerprint density at radius 3 is 2.31 bits per heavy atom. The fourth-order valence-corrected chi connectivity index (χ4v) is 6.96. The summed E-state index contributed by atoms with van der Waals surface area (Å²) in [7, 11) is 0. The highest BCUT2D eigenvalue weighted by Crippen LogP contribution is 2.55. The predicted octanol–water partition coefficient (Wildman–Crippen LogP) is 3.43. The Balaban J connectivity index is 1.19. The summed E-state index contributed by atoms with van der Waals surface area (Å²) in [6.07, 6.45) is 9.47. The van der Waals surface area contributed by atoms with Gasteiger partial charge in [-0.1, -0.05) is 30.3 Å². The number of rotatable bonds is 5. The van der Waals surface area contributed by atoms with Crippen molar-refractivity contribution in [2.24, 2.45) is 23.7 Å². The Morgan fingerprint density at radius 1 is 1.00 bits per heavy atom. The van der Waals surface area contributed by atoms with Gasteiger partial charge < -0.3 is 10.4 Å². The Kier molecular flexibility index (Phi) is 4.58. The van der Waals surface area contributed by atoms with E-state index in [4.69, 9.17) is 0 Å². The minimum atomic E-state index is -0.136. The van der Waals surface area contributed by atoms with Gasteiger partial charge in [-0.15, -0.1) is 0 Å². The van der Waals surface area contributed by atoms with E-state index in [9.17, 15) is 5.11 Å².